The van der Waals surface area contributed by atoms with Crippen LogP contribution in [-0.2, 0) is 9.53 Å². The minimum Gasteiger partial charge on any atom is -0.454 e. The molecule has 5 nitrogen and oxygen atoms in total. The summed E-state index contributed by atoms with van der Waals surface area (Å²) in [5, 5.41) is 0.442. The van der Waals surface area contributed by atoms with Crippen molar-refractivity contribution in [2.24, 2.45) is 4.99 Å². The van der Waals surface area contributed by atoms with Crippen LogP contribution >= 0.6 is 34.2 Å². The number of ether oxygens (including phenoxy) is 3. The minimum atomic E-state index is -0.516. The van der Waals surface area contributed by atoms with E-state index in [0.29, 0.717) is 22.1 Å². The van der Waals surface area contributed by atoms with Crippen LogP contribution in [0.2, 0.25) is 5.02 Å². The lowest BCUT2D eigenvalue weighted by atomic mass is 10.1. The Kier molecular flexibility index (Phi) is 3.93. The van der Waals surface area contributed by atoms with Crippen molar-refractivity contribution in [3.05, 3.63) is 61.8 Å². The normalized spacial score (nSPS) is 17.2. The topological polar surface area (TPSA) is 57.1 Å². The van der Waals surface area contributed by atoms with E-state index in [4.69, 9.17) is 25.8 Å². The quantitative estimate of drug-likeness (QED) is 0.392. The Bertz CT molecular complexity index is 923. The number of rotatable bonds is 2. The largest absolute Gasteiger partial charge is 0.454 e. The second kappa shape index (κ2) is 6.10. The van der Waals surface area contributed by atoms with Crippen LogP contribution in [0.1, 0.15) is 11.1 Å². The molecule has 7 heteroatoms. The van der Waals surface area contributed by atoms with Crippen LogP contribution in [0.25, 0.3) is 6.08 Å². The zero-order valence-electron chi connectivity index (χ0n) is 12.1. The minimum absolute atomic E-state index is 0.155. The lowest BCUT2D eigenvalue weighted by molar-refractivity contribution is -0.129. The van der Waals surface area contributed by atoms with Gasteiger partial charge in [-0.3, -0.25) is 0 Å². The number of cyclic esters (lactones) is 1. The Morgan fingerprint density at radius 1 is 1.17 bits per heavy atom. The third kappa shape index (κ3) is 2.87. The number of hydrogen-bond donors (Lipinski definition) is 0. The van der Waals surface area contributed by atoms with E-state index in [2.05, 4.69) is 27.6 Å². The molecule has 2 heterocycles. The summed E-state index contributed by atoms with van der Waals surface area (Å²) in [6.45, 7) is 0.155. The molecule has 2 aliphatic rings. The number of halogens is 2. The molecule has 0 spiro atoms. The molecule has 120 valence electrons. The third-order valence-electron chi connectivity index (χ3n) is 3.48. The highest BCUT2D eigenvalue weighted by molar-refractivity contribution is 14.1. The molecule has 0 N–H and O–H groups in total. The molecule has 0 aromatic heterocycles. The van der Waals surface area contributed by atoms with E-state index < -0.39 is 5.97 Å². The van der Waals surface area contributed by atoms with Crippen LogP contribution in [0, 0.1) is 3.57 Å². The fourth-order valence-corrected chi connectivity index (χ4v) is 3.10. The van der Waals surface area contributed by atoms with E-state index in [1.54, 1.807) is 18.2 Å². The van der Waals surface area contributed by atoms with Gasteiger partial charge in [-0.15, -0.1) is 0 Å². The maximum atomic E-state index is 12.1. The molecule has 0 aliphatic carbocycles. The first kappa shape index (κ1) is 15.5. The molecule has 0 atom stereocenters. The van der Waals surface area contributed by atoms with E-state index in [1.165, 1.54) is 0 Å². The molecule has 0 amide bonds. The van der Waals surface area contributed by atoms with E-state index >= 15 is 0 Å². The van der Waals surface area contributed by atoms with E-state index in [9.17, 15) is 4.79 Å². The van der Waals surface area contributed by atoms with Crippen LogP contribution in [-0.4, -0.2) is 18.7 Å². The number of hydrogen-bond acceptors (Lipinski definition) is 5. The van der Waals surface area contributed by atoms with Crippen LogP contribution in [0.5, 0.6) is 11.5 Å². The van der Waals surface area contributed by atoms with Crippen LogP contribution in [0.4, 0.5) is 0 Å². The smallest absolute Gasteiger partial charge is 0.363 e. The van der Waals surface area contributed by atoms with Crippen molar-refractivity contribution in [1.29, 1.82) is 0 Å². The average molecular weight is 454 g/mol. The van der Waals surface area contributed by atoms with Gasteiger partial charge in [0.25, 0.3) is 0 Å². The molecule has 24 heavy (non-hydrogen) atoms. The number of benzene rings is 2. The van der Waals surface area contributed by atoms with Crippen molar-refractivity contribution in [1.82, 2.24) is 0 Å². The molecule has 0 saturated carbocycles. The molecule has 2 aromatic carbocycles. The summed E-state index contributed by atoms with van der Waals surface area (Å²) in [6, 6.07) is 10.9. The Labute approximate surface area is 156 Å². The number of aliphatic imine (C=N–C) groups is 1. The predicted molar refractivity (Wildman–Crippen MR) is 97.3 cm³/mol. The van der Waals surface area contributed by atoms with Crippen molar-refractivity contribution in [2.45, 2.75) is 0 Å². The van der Waals surface area contributed by atoms with Gasteiger partial charge in [0.2, 0.25) is 12.7 Å². The lowest BCUT2D eigenvalue weighted by Gasteiger charge is -2.01. The second-order valence-corrected chi connectivity index (χ2v) is 6.73. The van der Waals surface area contributed by atoms with Gasteiger partial charge in [0, 0.05) is 15.2 Å². The van der Waals surface area contributed by atoms with Crippen molar-refractivity contribution in [3.8, 4) is 11.5 Å². The third-order valence-corrected chi connectivity index (χ3v) is 4.47. The van der Waals surface area contributed by atoms with Crippen LogP contribution in [0.3, 0.4) is 0 Å². The Morgan fingerprint density at radius 2 is 1.96 bits per heavy atom. The highest BCUT2D eigenvalue weighted by Crippen LogP contribution is 2.38. The predicted octanol–water partition coefficient (Wildman–Crippen LogP) is 4.02. The fraction of sp³-hybridized carbons (Fsp3) is 0.0588. The molecule has 2 aliphatic heterocycles. The number of fused-ring (bicyclic) bond motifs is 1. The molecule has 4 rings (SSSR count). The zero-order valence-corrected chi connectivity index (χ0v) is 15.0. The van der Waals surface area contributed by atoms with Crippen LogP contribution < -0.4 is 9.47 Å². The summed E-state index contributed by atoms with van der Waals surface area (Å²) < 4.78 is 16.9. The molecular weight excluding hydrogens is 445 g/mol. The number of esters is 1. The molecule has 0 bridgehead atoms. The first-order valence-corrected chi connectivity index (χ1v) is 8.43. The van der Waals surface area contributed by atoms with Crippen molar-refractivity contribution in [3.63, 3.8) is 0 Å². The maximum Gasteiger partial charge on any atom is 0.363 e. The van der Waals surface area contributed by atoms with Crippen LogP contribution in [0.15, 0.2) is 47.1 Å². The molecule has 0 radical (unpaired) electrons. The maximum absolute atomic E-state index is 12.1. The van der Waals surface area contributed by atoms with Gasteiger partial charge in [0.1, 0.15) is 0 Å². The summed E-state index contributed by atoms with van der Waals surface area (Å²) >= 11 is 8.42. The van der Waals surface area contributed by atoms with Gasteiger partial charge in [-0.2, -0.15) is 0 Å². The summed E-state index contributed by atoms with van der Waals surface area (Å²) in [5.74, 6) is 0.929. The van der Waals surface area contributed by atoms with Crippen molar-refractivity contribution < 1.29 is 19.0 Å². The number of carbonyl (C=O) groups excluding carboxylic acids is 1. The Balaban J connectivity index is 1.71. The summed E-state index contributed by atoms with van der Waals surface area (Å²) in [5.41, 5.74) is 1.54. The molecule has 0 saturated heterocycles. The Hall–Kier alpha value is -2.06. The van der Waals surface area contributed by atoms with E-state index in [1.807, 2.05) is 24.3 Å². The van der Waals surface area contributed by atoms with Gasteiger partial charge in [-0.05, 0) is 58.5 Å². The zero-order chi connectivity index (χ0) is 16.7. The highest BCUT2D eigenvalue weighted by atomic mass is 127. The molecule has 0 fully saturated rings. The van der Waals surface area contributed by atoms with Gasteiger partial charge in [-0.1, -0.05) is 17.7 Å². The first-order chi connectivity index (χ1) is 11.6. The molecule has 2 aromatic rings. The number of carbonyl (C=O) groups is 1. The van der Waals surface area contributed by atoms with Crippen molar-refractivity contribution >= 4 is 52.1 Å². The van der Waals surface area contributed by atoms with Gasteiger partial charge >= 0.3 is 5.97 Å². The SMILES string of the molecule is O=C1OC(c2cccc(I)c2)=N/C1=C/c1cc2c(cc1Cl)OCO2. The molecular formula is C17H9ClINO4. The highest BCUT2D eigenvalue weighted by Gasteiger charge is 2.25. The summed E-state index contributed by atoms with van der Waals surface area (Å²) in [7, 11) is 0. The molecule has 0 unspecified atom stereocenters. The number of nitrogens with zero attached hydrogens (tertiary/aromatic N) is 1. The summed E-state index contributed by atoms with van der Waals surface area (Å²) in [6.07, 6.45) is 1.58. The monoisotopic (exact) mass is 453 g/mol. The van der Waals surface area contributed by atoms with Gasteiger partial charge in [0.15, 0.2) is 17.2 Å². The van der Waals surface area contributed by atoms with Gasteiger partial charge in [0.05, 0.1) is 5.02 Å². The lowest BCUT2D eigenvalue weighted by Crippen LogP contribution is -2.05. The average Bonchev–Trinajstić information content (AvgIpc) is 3.14. The summed E-state index contributed by atoms with van der Waals surface area (Å²) in [4.78, 5) is 16.4. The van der Waals surface area contributed by atoms with E-state index in [-0.39, 0.29) is 18.4 Å². The standard InChI is InChI=1S/C17H9ClINO4/c18-12-7-15-14(22-8-23-15)6-10(12)5-13-17(21)24-16(20-13)9-2-1-3-11(19)4-9/h1-7H,8H2/b13-5+. The van der Waals surface area contributed by atoms with Gasteiger partial charge in [-0.25, -0.2) is 9.79 Å². The second-order valence-electron chi connectivity index (χ2n) is 5.07. The van der Waals surface area contributed by atoms with E-state index in [0.717, 1.165) is 9.13 Å². The van der Waals surface area contributed by atoms with Crippen molar-refractivity contribution in [2.75, 3.05) is 6.79 Å². The fourth-order valence-electron chi connectivity index (χ4n) is 2.34. The Morgan fingerprint density at radius 3 is 2.75 bits per heavy atom. The van der Waals surface area contributed by atoms with Gasteiger partial charge < -0.3 is 14.2 Å². The first-order valence-electron chi connectivity index (χ1n) is 6.98.